The highest BCUT2D eigenvalue weighted by atomic mass is 35.5. The number of methoxy groups -OCH3 is 3. The maximum absolute atomic E-state index is 12.8. The molecule has 9 heteroatoms. The van der Waals surface area contributed by atoms with Gasteiger partial charge >= 0.3 is 0 Å². The summed E-state index contributed by atoms with van der Waals surface area (Å²) in [5.41, 5.74) is 1.07. The van der Waals surface area contributed by atoms with Crippen LogP contribution >= 0.6 is 11.6 Å². The van der Waals surface area contributed by atoms with Crippen molar-refractivity contribution in [2.24, 2.45) is 0 Å². The normalized spacial score (nSPS) is 15.8. The van der Waals surface area contributed by atoms with Crippen molar-refractivity contribution in [2.45, 2.75) is 19.5 Å². The van der Waals surface area contributed by atoms with Crippen LogP contribution in [0.25, 0.3) is 0 Å². The van der Waals surface area contributed by atoms with Crippen LogP contribution in [-0.4, -0.2) is 73.0 Å². The summed E-state index contributed by atoms with van der Waals surface area (Å²) >= 11 is 5.91. The van der Waals surface area contributed by atoms with Gasteiger partial charge in [-0.15, -0.1) is 0 Å². The van der Waals surface area contributed by atoms with Crippen LogP contribution in [0.4, 0.5) is 0 Å². The Bertz CT molecular complexity index is 824. The number of halogens is 1. The Balaban J connectivity index is 1.60. The van der Waals surface area contributed by atoms with Crippen LogP contribution in [0.15, 0.2) is 24.5 Å². The lowest BCUT2D eigenvalue weighted by atomic mass is 10.1. The summed E-state index contributed by atoms with van der Waals surface area (Å²) in [6.07, 6.45) is 3.21. The van der Waals surface area contributed by atoms with Crippen LogP contribution in [0, 0.1) is 0 Å². The largest absolute Gasteiger partial charge is 0.493 e. The van der Waals surface area contributed by atoms with E-state index in [0.29, 0.717) is 35.4 Å². The average molecular weight is 423 g/mol. The first-order chi connectivity index (χ1) is 14.0. The number of rotatable bonds is 7. The van der Waals surface area contributed by atoms with E-state index >= 15 is 0 Å². The maximum atomic E-state index is 12.8. The molecule has 0 N–H and O–H groups in total. The Morgan fingerprint density at radius 1 is 1.10 bits per heavy atom. The lowest BCUT2D eigenvalue weighted by molar-refractivity contribution is -0.136. The highest BCUT2D eigenvalue weighted by Crippen LogP contribution is 2.38. The molecule has 1 fully saturated rings. The van der Waals surface area contributed by atoms with E-state index in [4.69, 9.17) is 25.8 Å². The van der Waals surface area contributed by atoms with Crippen LogP contribution in [0.3, 0.4) is 0 Å². The molecule has 1 aliphatic heterocycles. The van der Waals surface area contributed by atoms with E-state index in [1.54, 1.807) is 38.4 Å². The number of ether oxygens (including phenoxy) is 3. The number of aromatic nitrogens is 2. The summed E-state index contributed by atoms with van der Waals surface area (Å²) in [5, 5.41) is 4.67. The molecule has 1 atom stereocenters. The fourth-order valence-electron chi connectivity index (χ4n) is 3.52. The van der Waals surface area contributed by atoms with Gasteiger partial charge in [0, 0.05) is 38.9 Å². The number of hydrogen-bond acceptors (Lipinski definition) is 6. The number of hydrogen-bond donors (Lipinski definition) is 0. The lowest BCUT2D eigenvalue weighted by Gasteiger charge is -2.36. The Hall–Kier alpha value is -2.45. The van der Waals surface area contributed by atoms with E-state index in [-0.39, 0.29) is 11.9 Å². The molecule has 0 radical (unpaired) electrons. The molecule has 1 saturated heterocycles. The quantitative estimate of drug-likeness (QED) is 0.682. The van der Waals surface area contributed by atoms with E-state index in [9.17, 15) is 4.79 Å². The molecule has 158 valence electrons. The molecule has 2 heterocycles. The molecule has 8 nitrogen and oxygen atoms in total. The zero-order chi connectivity index (χ0) is 21.0. The van der Waals surface area contributed by atoms with Gasteiger partial charge < -0.3 is 19.1 Å². The minimum Gasteiger partial charge on any atom is -0.493 e. The van der Waals surface area contributed by atoms with Crippen molar-refractivity contribution in [3.63, 3.8) is 0 Å². The molecule has 0 unspecified atom stereocenters. The number of amides is 1. The van der Waals surface area contributed by atoms with Gasteiger partial charge in [0.25, 0.3) is 0 Å². The van der Waals surface area contributed by atoms with E-state index < -0.39 is 0 Å². The monoisotopic (exact) mass is 422 g/mol. The number of benzene rings is 1. The molecule has 1 aliphatic rings. The minimum atomic E-state index is -0.371. The van der Waals surface area contributed by atoms with Gasteiger partial charge in [-0.25, -0.2) is 0 Å². The minimum absolute atomic E-state index is 0.0530. The third kappa shape index (κ3) is 4.76. The molecule has 0 spiro atoms. The summed E-state index contributed by atoms with van der Waals surface area (Å²) < 4.78 is 17.9. The molecule has 2 aromatic rings. The predicted molar refractivity (Wildman–Crippen MR) is 110 cm³/mol. The van der Waals surface area contributed by atoms with Gasteiger partial charge in [-0.3, -0.25) is 14.4 Å². The van der Waals surface area contributed by atoms with Crippen LogP contribution in [-0.2, 0) is 11.3 Å². The lowest BCUT2D eigenvalue weighted by Crippen LogP contribution is -2.49. The van der Waals surface area contributed by atoms with Crippen LogP contribution < -0.4 is 14.2 Å². The summed E-state index contributed by atoms with van der Waals surface area (Å²) in [5.74, 6) is 1.92. The van der Waals surface area contributed by atoms with Crippen molar-refractivity contribution in [3.05, 3.63) is 35.1 Å². The molecule has 0 bridgehead atoms. The van der Waals surface area contributed by atoms with E-state index in [1.807, 2.05) is 24.0 Å². The first kappa shape index (κ1) is 21.3. The summed E-state index contributed by atoms with van der Waals surface area (Å²) in [4.78, 5) is 17.0. The van der Waals surface area contributed by atoms with Crippen molar-refractivity contribution >= 4 is 17.5 Å². The maximum Gasteiger partial charge on any atom is 0.247 e. The standard InChI is InChI=1S/C20H27ClN4O4/c1-14(25-13-16(21)11-22-25)20(26)24-7-5-23(6-8-24)12-15-9-17(27-2)19(29-4)18(10-15)28-3/h9-11,13-14H,5-8,12H2,1-4H3/t14-/m0/s1. The second-order valence-electron chi connectivity index (χ2n) is 6.95. The van der Waals surface area contributed by atoms with Gasteiger partial charge in [-0.2, -0.15) is 5.10 Å². The molecule has 29 heavy (non-hydrogen) atoms. The number of nitrogens with zero attached hydrogens (tertiary/aromatic N) is 4. The molecular formula is C20H27ClN4O4. The molecule has 3 rings (SSSR count). The van der Waals surface area contributed by atoms with Gasteiger partial charge in [-0.05, 0) is 24.6 Å². The van der Waals surface area contributed by atoms with Gasteiger partial charge in [0.2, 0.25) is 11.7 Å². The topological polar surface area (TPSA) is 69.1 Å². The molecular weight excluding hydrogens is 396 g/mol. The second kappa shape index (κ2) is 9.37. The summed E-state index contributed by atoms with van der Waals surface area (Å²) in [6, 6.07) is 3.55. The van der Waals surface area contributed by atoms with Crippen molar-refractivity contribution in [3.8, 4) is 17.2 Å². The molecule has 1 aromatic heterocycles. The zero-order valence-corrected chi connectivity index (χ0v) is 18.0. The van der Waals surface area contributed by atoms with Crippen LogP contribution in [0.5, 0.6) is 17.2 Å². The van der Waals surface area contributed by atoms with Crippen molar-refractivity contribution in [1.29, 1.82) is 0 Å². The van der Waals surface area contributed by atoms with E-state index in [2.05, 4.69) is 10.00 Å². The Morgan fingerprint density at radius 2 is 1.72 bits per heavy atom. The fraction of sp³-hybridized carbons (Fsp3) is 0.500. The van der Waals surface area contributed by atoms with Crippen molar-refractivity contribution in [2.75, 3.05) is 47.5 Å². The first-order valence-electron chi connectivity index (χ1n) is 9.46. The first-order valence-corrected chi connectivity index (χ1v) is 9.84. The number of piperazine rings is 1. The van der Waals surface area contributed by atoms with Gasteiger partial charge in [-0.1, -0.05) is 11.6 Å². The number of carbonyl (C=O) groups is 1. The number of carbonyl (C=O) groups excluding carboxylic acids is 1. The summed E-state index contributed by atoms with van der Waals surface area (Å²) in [6.45, 7) is 5.49. The van der Waals surface area contributed by atoms with Gasteiger partial charge in [0.05, 0.1) is 32.5 Å². The van der Waals surface area contributed by atoms with Gasteiger partial charge in [0.1, 0.15) is 6.04 Å². The Labute approximate surface area is 175 Å². The average Bonchev–Trinajstić information content (AvgIpc) is 3.18. The SMILES string of the molecule is COc1cc(CN2CCN(C(=O)[C@H](C)n3cc(Cl)cn3)CC2)cc(OC)c1OC. The highest BCUT2D eigenvalue weighted by molar-refractivity contribution is 6.30. The molecule has 0 aliphatic carbocycles. The van der Waals surface area contributed by atoms with Crippen molar-refractivity contribution < 1.29 is 19.0 Å². The fourth-order valence-corrected chi connectivity index (χ4v) is 3.66. The third-order valence-corrected chi connectivity index (χ3v) is 5.33. The van der Waals surface area contributed by atoms with Gasteiger partial charge in [0.15, 0.2) is 11.5 Å². The van der Waals surface area contributed by atoms with Crippen LogP contribution in [0.2, 0.25) is 5.02 Å². The zero-order valence-electron chi connectivity index (χ0n) is 17.2. The van der Waals surface area contributed by atoms with E-state index in [1.165, 1.54) is 0 Å². The Kier molecular flexibility index (Phi) is 6.87. The van der Waals surface area contributed by atoms with Crippen molar-refractivity contribution in [1.82, 2.24) is 19.6 Å². The third-order valence-electron chi connectivity index (χ3n) is 5.14. The Morgan fingerprint density at radius 3 is 2.21 bits per heavy atom. The second-order valence-corrected chi connectivity index (χ2v) is 7.39. The predicted octanol–water partition coefficient (Wildman–Crippen LogP) is 2.47. The molecule has 0 saturated carbocycles. The highest BCUT2D eigenvalue weighted by Gasteiger charge is 2.26. The smallest absolute Gasteiger partial charge is 0.247 e. The molecule has 1 amide bonds. The summed E-state index contributed by atoms with van der Waals surface area (Å²) in [7, 11) is 4.81. The molecule has 1 aromatic carbocycles. The van der Waals surface area contributed by atoms with Crippen LogP contribution in [0.1, 0.15) is 18.5 Å². The van der Waals surface area contributed by atoms with E-state index in [0.717, 1.165) is 25.2 Å².